The molecule has 4 heteroatoms. The monoisotopic (exact) mass is 307 g/mol. The minimum absolute atomic E-state index is 0.0952. The van der Waals surface area contributed by atoms with Crippen molar-refractivity contribution in [3.8, 4) is 5.75 Å². The van der Waals surface area contributed by atoms with Crippen LogP contribution in [0.15, 0.2) is 24.3 Å². The normalized spacial score (nSPS) is 19.0. The molecule has 0 bridgehead atoms. The molecule has 1 aromatic rings. The van der Waals surface area contributed by atoms with E-state index in [0.29, 0.717) is 18.3 Å². The molecule has 0 heterocycles. The van der Waals surface area contributed by atoms with Crippen molar-refractivity contribution in [1.29, 1.82) is 0 Å². The van der Waals surface area contributed by atoms with Crippen molar-refractivity contribution in [2.24, 2.45) is 5.92 Å². The van der Waals surface area contributed by atoms with Crippen LogP contribution in [-0.4, -0.2) is 30.1 Å². The summed E-state index contributed by atoms with van der Waals surface area (Å²) in [4.78, 5) is 0. The molecular weight excluding hydrogens is 278 g/mol. The summed E-state index contributed by atoms with van der Waals surface area (Å²) in [6.45, 7) is 9.04. The van der Waals surface area contributed by atoms with Crippen LogP contribution in [0.5, 0.6) is 5.75 Å². The van der Waals surface area contributed by atoms with Crippen LogP contribution in [0.2, 0.25) is 0 Å². The lowest BCUT2D eigenvalue weighted by molar-refractivity contribution is -0.118. The van der Waals surface area contributed by atoms with Crippen LogP contribution >= 0.6 is 0 Å². The van der Waals surface area contributed by atoms with E-state index in [0.717, 1.165) is 18.1 Å². The molecule has 1 aromatic carbocycles. The summed E-state index contributed by atoms with van der Waals surface area (Å²) in [5, 5.41) is 13.4. The molecule has 1 fully saturated rings. The average Bonchev–Trinajstić information content (AvgIpc) is 3.27. The highest BCUT2D eigenvalue weighted by Crippen LogP contribution is 2.31. The molecule has 2 N–H and O–H groups in total. The van der Waals surface area contributed by atoms with E-state index < -0.39 is 5.79 Å². The van der Waals surface area contributed by atoms with E-state index >= 15 is 0 Å². The molecule has 0 aliphatic heterocycles. The van der Waals surface area contributed by atoms with Gasteiger partial charge in [0.15, 0.2) is 0 Å². The maximum Gasteiger partial charge on any atom is 0.217 e. The molecule has 0 spiro atoms. The van der Waals surface area contributed by atoms with Crippen molar-refractivity contribution in [2.45, 2.75) is 58.5 Å². The lowest BCUT2D eigenvalue weighted by Crippen LogP contribution is -2.45. The van der Waals surface area contributed by atoms with Crippen LogP contribution in [0.4, 0.5) is 0 Å². The Labute approximate surface area is 133 Å². The third-order valence-corrected chi connectivity index (χ3v) is 3.80. The summed E-state index contributed by atoms with van der Waals surface area (Å²) in [5.74, 6) is 0.210. The molecule has 2 unspecified atom stereocenters. The number of aliphatic hydroxyl groups is 1. The fourth-order valence-electron chi connectivity index (χ4n) is 2.15. The quantitative estimate of drug-likeness (QED) is 0.688. The lowest BCUT2D eigenvalue weighted by Gasteiger charge is -2.26. The number of hydrogen-bond donors (Lipinski definition) is 2. The number of benzene rings is 1. The van der Waals surface area contributed by atoms with E-state index in [1.807, 2.05) is 38.1 Å². The van der Waals surface area contributed by atoms with Crippen LogP contribution in [0.3, 0.4) is 0 Å². The van der Waals surface area contributed by atoms with Crippen molar-refractivity contribution < 1.29 is 14.6 Å². The van der Waals surface area contributed by atoms with E-state index in [2.05, 4.69) is 12.2 Å². The first kappa shape index (κ1) is 17.3. The first-order chi connectivity index (χ1) is 10.4. The fourth-order valence-corrected chi connectivity index (χ4v) is 2.15. The fraction of sp³-hybridized carbons (Fsp3) is 0.667. The zero-order valence-corrected chi connectivity index (χ0v) is 14.1. The summed E-state index contributed by atoms with van der Waals surface area (Å²) in [6, 6.07) is 8.08. The van der Waals surface area contributed by atoms with Gasteiger partial charge in [0, 0.05) is 13.0 Å². The van der Waals surface area contributed by atoms with Gasteiger partial charge in [0.05, 0.1) is 19.3 Å². The maximum absolute atomic E-state index is 10.2. The molecule has 1 aliphatic rings. The predicted molar refractivity (Wildman–Crippen MR) is 87.9 cm³/mol. The highest BCUT2D eigenvalue weighted by atomic mass is 16.6. The van der Waals surface area contributed by atoms with Gasteiger partial charge in [-0.15, -0.1) is 0 Å². The minimum Gasteiger partial charge on any atom is -0.461 e. The lowest BCUT2D eigenvalue weighted by atomic mass is 10.1. The summed E-state index contributed by atoms with van der Waals surface area (Å²) >= 11 is 0. The maximum atomic E-state index is 10.2. The van der Waals surface area contributed by atoms with Gasteiger partial charge in [0.2, 0.25) is 5.79 Å². The Bertz CT molecular complexity index is 452. The Morgan fingerprint density at radius 1 is 1.23 bits per heavy atom. The van der Waals surface area contributed by atoms with Crippen molar-refractivity contribution in [3.05, 3.63) is 29.8 Å². The molecule has 124 valence electrons. The largest absolute Gasteiger partial charge is 0.461 e. The van der Waals surface area contributed by atoms with E-state index in [-0.39, 0.29) is 6.10 Å². The Morgan fingerprint density at radius 3 is 2.41 bits per heavy atom. The Kier molecular flexibility index (Phi) is 5.84. The van der Waals surface area contributed by atoms with Gasteiger partial charge in [0.25, 0.3) is 0 Å². The summed E-state index contributed by atoms with van der Waals surface area (Å²) in [5.41, 5.74) is 1.13. The van der Waals surface area contributed by atoms with Gasteiger partial charge >= 0.3 is 0 Å². The first-order valence-electron chi connectivity index (χ1n) is 8.22. The van der Waals surface area contributed by atoms with Crippen LogP contribution < -0.4 is 10.1 Å². The van der Waals surface area contributed by atoms with Gasteiger partial charge < -0.3 is 19.9 Å². The SMILES string of the molecule is CC(C)NCC(C)(O)Oc1ccc(C(C)OCC2CC2)cc1. The second-order valence-corrected chi connectivity index (χ2v) is 6.80. The standard InChI is InChI=1S/C18H29NO3/c1-13(2)19-12-18(4,20)22-17-9-7-16(8-10-17)14(3)21-11-15-5-6-15/h7-10,13-15,19-20H,5-6,11-12H2,1-4H3. The topological polar surface area (TPSA) is 50.7 Å². The first-order valence-corrected chi connectivity index (χ1v) is 8.22. The van der Waals surface area contributed by atoms with Gasteiger partial charge in [-0.1, -0.05) is 26.0 Å². The number of rotatable bonds is 9. The molecule has 2 atom stereocenters. The van der Waals surface area contributed by atoms with Crippen molar-refractivity contribution in [1.82, 2.24) is 5.32 Å². The van der Waals surface area contributed by atoms with Gasteiger partial charge in [-0.25, -0.2) is 0 Å². The van der Waals surface area contributed by atoms with Crippen LogP contribution in [-0.2, 0) is 4.74 Å². The summed E-state index contributed by atoms with van der Waals surface area (Å²) in [6.07, 6.45) is 2.70. The molecule has 0 amide bonds. The Hall–Kier alpha value is -1.10. The average molecular weight is 307 g/mol. The van der Waals surface area contributed by atoms with Gasteiger partial charge in [-0.05, 0) is 43.4 Å². The predicted octanol–water partition coefficient (Wildman–Crippen LogP) is 3.26. The Balaban J connectivity index is 1.84. The number of hydrogen-bond acceptors (Lipinski definition) is 4. The summed E-state index contributed by atoms with van der Waals surface area (Å²) in [7, 11) is 0. The smallest absolute Gasteiger partial charge is 0.217 e. The van der Waals surface area contributed by atoms with E-state index in [1.165, 1.54) is 12.8 Å². The van der Waals surface area contributed by atoms with Crippen LogP contribution in [0, 0.1) is 5.92 Å². The third-order valence-electron chi connectivity index (χ3n) is 3.80. The van der Waals surface area contributed by atoms with Crippen molar-refractivity contribution >= 4 is 0 Å². The second kappa shape index (κ2) is 7.44. The second-order valence-electron chi connectivity index (χ2n) is 6.80. The highest BCUT2D eigenvalue weighted by molar-refractivity contribution is 5.28. The molecule has 22 heavy (non-hydrogen) atoms. The van der Waals surface area contributed by atoms with Crippen LogP contribution in [0.1, 0.15) is 52.2 Å². The van der Waals surface area contributed by atoms with E-state index in [1.54, 1.807) is 6.92 Å². The molecule has 0 aromatic heterocycles. The third kappa shape index (κ3) is 5.95. The number of ether oxygens (including phenoxy) is 2. The van der Waals surface area contributed by atoms with E-state index in [9.17, 15) is 5.11 Å². The van der Waals surface area contributed by atoms with Crippen molar-refractivity contribution in [2.75, 3.05) is 13.2 Å². The van der Waals surface area contributed by atoms with Crippen molar-refractivity contribution in [3.63, 3.8) is 0 Å². The molecule has 2 rings (SSSR count). The zero-order valence-electron chi connectivity index (χ0n) is 14.1. The van der Waals surface area contributed by atoms with Gasteiger partial charge in [-0.2, -0.15) is 0 Å². The van der Waals surface area contributed by atoms with E-state index in [4.69, 9.17) is 9.47 Å². The summed E-state index contributed by atoms with van der Waals surface area (Å²) < 4.78 is 11.5. The molecular formula is C18H29NO3. The van der Waals surface area contributed by atoms with Gasteiger partial charge in [-0.3, -0.25) is 0 Å². The minimum atomic E-state index is -1.22. The van der Waals surface area contributed by atoms with Crippen LogP contribution in [0.25, 0.3) is 0 Å². The molecule has 1 aliphatic carbocycles. The van der Waals surface area contributed by atoms with Gasteiger partial charge in [0.1, 0.15) is 5.75 Å². The molecule has 0 radical (unpaired) electrons. The Morgan fingerprint density at radius 2 is 1.86 bits per heavy atom. The molecule has 1 saturated carbocycles. The molecule has 0 saturated heterocycles. The highest BCUT2D eigenvalue weighted by Gasteiger charge is 2.24. The number of nitrogens with one attached hydrogen (secondary N) is 1. The molecule has 4 nitrogen and oxygen atoms in total. The zero-order chi connectivity index (χ0) is 16.2.